The number of benzene rings is 1. The molecule has 2 N–H and O–H groups in total. The fraction of sp³-hybridized carbons (Fsp3) is 0.438. The van der Waals surface area contributed by atoms with E-state index in [1.165, 1.54) is 12.1 Å². The lowest BCUT2D eigenvalue weighted by atomic mass is 9.89. The van der Waals surface area contributed by atoms with Gasteiger partial charge < -0.3 is 10.4 Å². The van der Waals surface area contributed by atoms with Crippen molar-refractivity contribution >= 4 is 12.0 Å². The normalized spacial score (nSPS) is 21.1. The SMILES string of the molecule is CC1(/C=C/c2ccc(C(F)(F)F)cc2)CCNC1.O=C(O)C(F)(F)F. The lowest BCUT2D eigenvalue weighted by molar-refractivity contribution is -0.192. The van der Waals surface area contributed by atoms with Gasteiger partial charge in [0.25, 0.3) is 0 Å². The largest absolute Gasteiger partial charge is 0.490 e. The molecule has 1 heterocycles. The summed E-state index contributed by atoms with van der Waals surface area (Å²) < 4.78 is 68.9. The number of hydrogen-bond acceptors (Lipinski definition) is 2. The van der Waals surface area contributed by atoms with Crippen LogP contribution >= 0.6 is 0 Å². The number of alkyl halides is 6. The molecule has 0 aromatic heterocycles. The Morgan fingerprint density at radius 3 is 2.04 bits per heavy atom. The highest BCUT2D eigenvalue weighted by Crippen LogP contribution is 2.30. The van der Waals surface area contributed by atoms with Crippen molar-refractivity contribution in [3.8, 4) is 0 Å². The number of nitrogens with one attached hydrogen (secondary N) is 1. The zero-order chi connectivity index (χ0) is 19.3. The minimum atomic E-state index is -5.08. The highest BCUT2D eigenvalue weighted by molar-refractivity contribution is 5.73. The topological polar surface area (TPSA) is 49.3 Å². The van der Waals surface area contributed by atoms with Crippen LogP contribution in [0.4, 0.5) is 26.3 Å². The molecule has 0 amide bonds. The van der Waals surface area contributed by atoms with Crippen molar-refractivity contribution in [3.63, 3.8) is 0 Å². The van der Waals surface area contributed by atoms with E-state index in [1.807, 2.05) is 6.08 Å². The molecule has 0 bridgehead atoms. The molecule has 3 nitrogen and oxygen atoms in total. The molecule has 0 saturated carbocycles. The molecular weight excluding hydrogens is 352 g/mol. The van der Waals surface area contributed by atoms with Gasteiger partial charge in [0.05, 0.1) is 5.56 Å². The third-order valence-electron chi connectivity index (χ3n) is 3.56. The van der Waals surface area contributed by atoms with Crippen LogP contribution in [0, 0.1) is 5.41 Å². The third-order valence-corrected chi connectivity index (χ3v) is 3.56. The number of carbonyl (C=O) groups is 1. The number of hydrogen-bond donors (Lipinski definition) is 2. The molecule has 1 aliphatic heterocycles. The van der Waals surface area contributed by atoms with Crippen LogP contribution in [0.5, 0.6) is 0 Å². The van der Waals surface area contributed by atoms with Crippen LogP contribution in [0.1, 0.15) is 24.5 Å². The Balaban J connectivity index is 0.000000381. The van der Waals surface area contributed by atoms with Gasteiger partial charge in [-0.2, -0.15) is 26.3 Å². The molecule has 1 fully saturated rings. The molecule has 25 heavy (non-hydrogen) atoms. The first-order valence-electron chi connectivity index (χ1n) is 7.21. The summed E-state index contributed by atoms with van der Waals surface area (Å²) in [5.41, 5.74) is 0.312. The van der Waals surface area contributed by atoms with Crippen molar-refractivity contribution < 1.29 is 36.2 Å². The van der Waals surface area contributed by atoms with Gasteiger partial charge in [0, 0.05) is 6.54 Å². The quantitative estimate of drug-likeness (QED) is 0.762. The molecule has 9 heteroatoms. The molecule has 1 aromatic carbocycles. The van der Waals surface area contributed by atoms with Crippen molar-refractivity contribution in [3.05, 3.63) is 41.5 Å². The summed E-state index contributed by atoms with van der Waals surface area (Å²) in [5.74, 6) is -2.76. The van der Waals surface area contributed by atoms with Crippen LogP contribution in [-0.2, 0) is 11.0 Å². The van der Waals surface area contributed by atoms with E-state index >= 15 is 0 Å². The monoisotopic (exact) mass is 369 g/mol. The fourth-order valence-electron chi connectivity index (χ4n) is 2.06. The van der Waals surface area contributed by atoms with Crippen LogP contribution in [0.15, 0.2) is 30.3 Å². The maximum Gasteiger partial charge on any atom is 0.490 e. The zero-order valence-electron chi connectivity index (χ0n) is 13.2. The summed E-state index contributed by atoms with van der Waals surface area (Å²) in [4.78, 5) is 8.90. The van der Waals surface area contributed by atoms with Gasteiger partial charge in [0.1, 0.15) is 0 Å². The smallest absolute Gasteiger partial charge is 0.475 e. The Morgan fingerprint density at radius 2 is 1.68 bits per heavy atom. The van der Waals surface area contributed by atoms with Gasteiger partial charge in [-0.25, -0.2) is 4.79 Å². The Morgan fingerprint density at radius 1 is 1.16 bits per heavy atom. The van der Waals surface area contributed by atoms with E-state index in [4.69, 9.17) is 9.90 Å². The van der Waals surface area contributed by atoms with Gasteiger partial charge in [-0.15, -0.1) is 0 Å². The van der Waals surface area contributed by atoms with E-state index in [1.54, 1.807) is 0 Å². The van der Waals surface area contributed by atoms with E-state index < -0.39 is 23.9 Å². The Kier molecular flexibility index (Phi) is 6.64. The summed E-state index contributed by atoms with van der Waals surface area (Å²) in [7, 11) is 0. The first-order valence-corrected chi connectivity index (χ1v) is 7.21. The molecule has 2 rings (SSSR count). The van der Waals surface area contributed by atoms with Crippen LogP contribution < -0.4 is 5.32 Å². The van der Waals surface area contributed by atoms with Crippen LogP contribution in [0.25, 0.3) is 6.08 Å². The molecule has 1 unspecified atom stereocenters. The average molecular weight is 369 g/mol. The summed E-state index contributed by atoms with van der Waals surface area (Å²) in [6, 6.07) is 5.25. The summed E-state index contributed by atoms with van der Waals surface area (Å²) in [6.45, 7) is 4.06. The third kappa shape index (κ3) is 7.16. The highest BCUT2D eigenvalue weighted by atomic mass is 19.4. The van der Waals surface area contributed by atoms with Crippen LogP contribution in [0.2, 0.25) is 0 Å². The number of carboxylic acid groups (broad SMARTS) is 1. The Labute approximate surface area is 140 Å². The van der Waals surface area contributed by atoms with Crippen molar-refractivity contribution in [2.45, 2.75) is 25.7 Å². The number of carboxylic acids is 1. The van der Waals surface area contributed by atoms with Crippen molar-refractivity contribution in [2.24, 2.45) is 5.41 Å². The molecule has 1 aromatic rings. The fourth-order valence-corrected chi connectivity index (χ4v) is 2.06. The number of rotatable bonds is 2. The van der Waals surface area contributed by atoms with E-state index in [9.17, 15) is 26.3 Å². The summed E-state index contributed by atoms with van der Waals surface area (Å²) >= 11 is 0. The summed E-state index contributed by atoms with van der Waals surface area (Å²) in [5, 5.41) is 10.4. The minimum Gasteiger partial charge on any atom is -0.475 e. The molecule has 140 valence electrons. The van der Waals surface area contributed by atoms with Crippen molar-refractivity contribution in [1.29, 1.82) is 0 Å². The van der Waals surface area contributed by atoms with Crippen molar-refractivity contribution in [1.82, 2.24) is 5.32 Å². The van der Waals surface area contributed by atoms with Gasteiger partial charge in [0.15, 0.2) is 0 Å². The lowest BCUT2D eigenvalue weighted by Crippen LogP contribution is -2.21. The molecule has 0 spiro atoms. The van der Waals surface area contributed by atoms with Gasteiger partial charge in [-0.05, 0) is 36.1 Å². The second-order valence-electron chi connectivity index (χ2n) is 5.84. The molecular formula is C16H17F6NO2. The van der Waals surface area contributed by atoms with E-state index in [0.717, 1.165) is 37.2 Å². The maximum atomic E-state index is 12.4. The minimum absolute atomic E-state index is 0.114. The average Bonchev–Trinajstić information content (AvgIpc) is 2.92. The van der Waals surface area contributed by atoms with E-state index in [2.05, 4.69) is 18.3 Å². The molecule has 0 aliphatic carbocycles. The van der Waals surface area contributed by atoms with Gasteiger partial charge in [-0.1, -0.05) is 31.2 Å². The highest BCUT2D eigenvalue weighted by Gasteiger charge is 2.38. The van der Waals surface area contributed by atoms with Crippen LogP contribution in [-0.4, -0.2) is 30.3 Å². The maximum absolute atomic E-state index is 12.4. The van der Waals surface area contributed by atoms with E-state index in [0.29, 0.717) is 0 Å². The first kappa shape index (κ1) is 21.0. The summed E-state index contributed by atoms with van der Waals surface area (Å²) in [6.07, 6.45) is -4.31. The number of halogens is 6. The standard InChI is InChI=1S/C14H16F3N.C2HF3O2/c1-13(8-9-18-10-13)7-6-11-2-4-12(5-3-11)14(15,16)17;3-2(4,5)1(6)7/h2-7,18H,8-10H2,1H3;(H,6,7)/b7-6+;. The van der Waals surface area contributed by atoms with Crippen molar-refractivity contribution in [2.75, 3.05) is 13.1 Å². The predicted octanol–water partition coefficient (Wildman–Crippen LogP) is 4.35. The first-order chi connectivity index (χ1) is 11.3. The van der Waals surface area contributed by atoms with Gasteiger partial charge in [0.2, 0.25) is 0 Å². The molecule has 1 aliphatic rings. The lowest BCUT2D eigenvalue weighted by Gasteiger charge is -2.16. The predicted molar refractivity (Wildman–Crippen MR) is 79.8 cm³/mol. The van der Waals surface area contributed by atoms with E-state index in [-0.39, 0.29) is 5.41 Å². The zero-order valence-corrected chi connectivity index (χ0v) is 13.2. The molecule has 1 saturated heterocycles. The number of aliphatic carboxylic acids is 1. The van der Waals surface area contributed by atoms with Gasteiger partial charge in [-0.3, -0.25) is 0 Å². The van der Waals surface area contributed by atoms with Gasteiger partial charge >= 0.3 is 18.3 Å². The second-order valence-corrected chi connectivity index (χ2v) is 5.84. The molecule has 0 radical (unpaired) electrons. The Hall–Kier alpha value is -2.03. The second kappa shape index (κ2) is 7.90. The Bertz CT molecular complexity index is 599. The van der Waals surface area contributed by atoms with Crippen LogP contribution in [0.3, 0.4) is 0 Å². The molecule has 1 atom stereocenters.